The first-order valence-corrected chi connectivity index (χ1v) is 6.74. The monoisotopic (exact) mass is 265 g/mol. The fraction of sp³-hybridized carbons (Fsp3) is 0.533. The Bertz CT molecular complexity index is 442. The van der Waals surface area contributed by atoms with Crippen LogP contribution in [0.1, 0.15) is 28.8 Å². The van der Waals surface area contributed by atoms with E-state index in [0.717, 1.165) is 19.5 Å². The van der Waals surface area contributed by atoms with Gasteiger partial charge in [0.05, 0.1) is 6.61 Å². The van der Waals surface area contributed by atoms with E-state index in [1.807, 2.05) is 0 Å². The molecule has 3 nitrogen and oxygen atoms in total. The van der Waals surface area contributed by atoms with Crippen molar-refractivity contribution in [2.45, 2.75) is 19.8 Å². The van der Waals surface area contributed by atoms with Crippen LogP contribution < -0.4 is 5.32 Å². The Kier molecular flexibility index (Phi) is 5.05. The molecule has 1 heterocycles. The molecule has 1 fully saturated rings. The van der Waals surface area contributed by atoms with Gasteiger partial charge in [-0.25, -0.2) is 4.39 Å². The fourth-order valence-electron chi connectivity index (χ4n) is 2.29. The topological polar surface area (TPSA) is 38.3 Å². The lowest BCUT2D eigenvalue weighted by atomic mass is 10.0. The molecule has 1 aliphatic heterocycles. The van der Waals surface area contributed by atoms with Crippen LogP contribution in [0.4, 0.5) is 4.39 Å². The molecule has 0 spiro atoms. The highest BCUT2D eigenvalue weighted by atomic mass is 19.1. The minimum absolute atomic E-state index is 0.0710. The van der Waals surface area contributed by atoms with Gasteiger partial charge in [0.2, 0.25) is 0 Å². The van der Waals surface area contributed by atoms with E-state index in [1.165, 1.54) is 18.6 Å². The van der Waals surface area contributed by atoms with Gasteiger partial charge in [-0.2, -0.15) is 0 Å². The largest absolute Gasteiger partial charge is 0.373 e. The molecule has 1 aliphatic rings. The third kappa shape index (κ3) is 4.11. The molecule has 0 amide bonds. The smallest absolute Gasteiger partial charge is 0.188 e. The molecule has 4 heteroatoms. The zero-order valence-corrected chi connectivity index (χ0v) is 11.2. The van der Waals surface area contributed by atoms with Crippen LogP contribution in [0.15, 0.2) is 18.2 Å². The third-order valence-corrected chi connectivity index (χ3v) is 3.47. The van der Waals surface area contributed by atoms with Crippen molar-refractivity contribution in [1.82, 2.24) is 5.32 Å². The summed E-state index contributed by atoms with van der Waals surface area (Å²) in [5.74, 6) is 0.120. The normalized spacial score (nSPS) is 19.4. The summed E-state index contributed by atoms with van der Waals surface area (Å²) in [5.41, 5.74) is 1.00. The Morgan fingerprint density at radius 3 is 3.05 bits per heavy atom. The number of halogens is 1. The Balaban J connectivity index is 1.78. The van der Waals surface area contributed by atoms with Crippen LogP contribution in [0, 0.1) is 18.7 Å². The van der Waals surface area contributed by atoms with Crippen LogP contribution in [0.5, 0.6) is 0 Å². The van der Waals surface area contributed by atoms with Gasteiger partial charge in [-0.15, -0.1) is 0 Å². The summed E-state index contributed by atoms with van der Waals surface area (Å²) < 4.78 is 18.6. The number of benzene rings is 1. The lowest BCUT2D eigenvalue weighted by molar-refractivity contribution is 0.0645. The Labute approximate surface area is 113 Å². The van der Waals surface area contributed by atoms with Crippen LogP contribution in [-0.2, 0) is 4.74 Å². The van der Waals surface area contributed by atoms with Crippen LogP contribution in [0.2, 0.25) is 0 Å². The average molecular weight is 265 g/mol. The van der Waals surface area contributed by atoms with Gasteiger partial charge in [-0.05, 0) is 56.0 Å². The van der Waals surface area contributed by atoms with Crippen molar-refractivity contribution in [3.63, 3.8) is 0 Å². The van der Waals surface area contributed by atoms with E-state index in [9.17, 15) is 9.18 Å². The van der Waals surface area contributed by atoms with Gasteiger partial charge < -0.3 is 10.1 Å². The summed E-state index contributed by atoms with van der Waals surface area (Å²) in [6.45, 7) is 4.37. The zero-order chi connectivity index (χ0) is 13.7. The number of ether oxygens (including phenoxy) is 1. The molecular formula is C15H20FNO2. The predicted octanol–water partition coefficient (Wildman–Crippen LogP) is 2.33. The Hall–Kier alpha value is -1.26. The lowest BCUT2D eigenvalue weighted by Gasteiger charge is -2.22. The van der Waals surface area contributed by atoms with E-state index in [4.69, 9.17) is 4.74 Å². The standard InChI is InChI=1S/C15H20FNO2/c1-11-7-13(4-5-14(11)16)15(18)10-19-9-12-3-2-6-17-8-12/h4-5,7,12,17H,2-3,6,8-10H2,1H3. The van der Waals surface area contributed by atoms with Crippen molar-refractivity contribution in [2.75, 3.05) is 26.3 Å². The second kappa shape index (κ2) is 6.78. The van der Waals surface area contributed by atoms with Crippen LogP contribution in [0.25, 0.3) is 0 Å². The minimum atomic E-state index is -0.286. The third-order valence-electron chi connectivity index (χ3n) is 3.47. The van der Waals surface area contributed by atoms with Gasteiger partial charge in [-0.3, -0.25) is 4.79 Å². The molecule has 2 rings (SSSR count). The average Bonchev–Trinajstić information content (AvgIpc) is 2.43. The quantitative estimate of drug-likeness (QED) is 0.830. The lowest BCUT2D eigenvalue weighted by Crippen LogP contribution is -2.32. The van der Waals surface area contributed by atoms with Crippen LogP contribution >= 0.6 is 0 Å². The maximum atomic E-state index is 13.1. The summed E-state index contributed by atoms with van der Waals surface area (Å²) in [6, 6.07) is 4.41. The predicted molar refractivity (Wildman–Crippen MR) is 71.9 cm³/mol. The van der Waals surface area contributed by atoms with Crippen molar-refractivity contribution >= 4 is 5.78 Å². The first kappa shape index (κ1) is 14.2. The zero-order valence-electron chi connectivity index (χ0n) is 11.2. The number of ketones is 1. The van der Waals surface area contributed by atoms with Gasteiger partial charge in [0.25, 0.3) is 0 Å². The van der Waals surface area contributed by atoms with Gasteiger partial charge in [-0.1, -0.05) is 0 Å². The molecule has 0 aromatic heterocycles. The summed E-state index contributed by atoms with van der Waals surface area (Å²) in [7, 11) is 0. The SMILES string of the molecule is Cc1cc(C(=O)COCC2CCCNC2)ccc1F. The van der Waals surface area contributed by atoms with E-state index < -0.39 is 0 Å². The molecular weight excluding hydrogens is 245 g/mol. The fourth-order valence-corrected chi connectivity index (χ4v) is 2.29. The maximum Gasteiger partial charge on any atom is 0.188 e. The molecule has 19 heavy (non-hydrogen) atoms. The minimum Gasteiger partial charge on any atom is -0.373 e. The summed E-state index contributed by atoms with van der Waals surface area (Å²) in [5, 5.41) is 3.31. The van der Waals surface area contributed by atoms with E-state index in [0.29, 0.717) is 23.7 Å². The highest BCUT2D eigenvalue weighted by molar-refractivity contribution is 5.97. The van der Waals surface area contributed by atoms with E-state index in [2.05, 4.69) is 5.32 Å². The molecule has 1 unspecified atom stereocenters. The first-order chi connectivity index (χ1) is 9.16. The van der Waals surface area contributed by atoms with Crippen molar-refractivity contribution in [3.8, 4) is 0 Å². The van der Waals surface area contributed by atoms with Crippen molar-refractivity contribution in [3.05, 3.63) is 35.1 Å². The summed E-state index contributed by atoms with van der Waals surface area (Å²) in [6.07, 6.45) is 2.32. The number of carbonyl (C=O) groups excluding carboxylic acids is 1. The van der Waals surface area contributed by atoms with Gasteiger partial charge in [0.15, 0.2) is 5.78 Å². The van der Waals surface area contributed by atoms with E-state index >= 15 is 0 Å². The number of hydrogen-bond donors (Lipinski definition) is 1. The molecule has 1 atom stereocenters. The highest BCUT2D eigenvalue weighted by Gasteiger charge is 2.14. The Morgan fingerprint density at radius 2 is 2.37 bits per heavy atom. The molecule has 104 valence electrons. The molecule has 0 radical (unpaired) electrons. The maximum absolute atomic E-state index is 13.1. The van der Waals surface area contributed by atoms with E-state index in [-0.39, 0.29) is 18.2 Å². The Morgan fingerprint density at radius 1 is 1.53 bits per heavy atom. The first-order valence-electron chi connectivity index (χ1n) is 6.74. The van der Waals surface area contributed by atoms with Crippen molar-refractivity contribution in [2.24, 2.45) is 5.92 Å². The van der Waals surface area contributed by atoms with E-state index in [1.54, 1.807) is 13.0 Å². The number of piperidine rings is 1. The van der Waals surface area contributed by atoms with Crippen molar-refractivity contribution in [1.29, 1.82) is 0 Å². The molecule has 1 aromatic rings. The second-order valence-corrected chi connectivity index (χ2v) is 5.11. The molecule has 1 aromatic carbocycles. The number of aryl methyl sites for hydroxylation is 1. The highest BCUT2D eigenvalue weighted by Crippen LogP contribution is 2.12. The summed E-state index contributed by atoms with van der Waals surface area (Å²) >= 11 is 0. The summed E-state index contributed by atoms with van der Waals surface area (Å²) in [4.78, 5) is 11.9. The van der Waals surface area contributed by atoms with Gasteiger partial charge >= 0.3 is 0 Å². The molecule has 1 N–H and O–H groups in total. The number of hydrogen-bond acceptors (Lipinski definition) is 3. The van der Waals surface area contributed by atoms with Crippen molar-refractivity contribution < 1.29 is 13.9 Å². The molecule has 1 saturated heterocycles. The number of rotatable bonds is 5. The van der Waals surface area contributed by atoms with Gasteiger partial charge in [0, 0.05) is 12.1 Å². The van der Waals surface area contributed by atoms with Crippen LogP contribution in [-0.4, -0.2) is 32.1 Å². The molecule has 0 saturated carbocycles. The number of carbonyl (C=O) groups is 1. The number of nitrogens with one attached hydrogen (secondary N) is 1. The van der Waals surface area contributed by atoms with Crippen LogP contribution in [0.3, 0.4) is 0 Å². The second-order valence-electron chi connectivity index (χ2n) is 5.11. The van der Waals surface area contributed by atoms with Gasteiger partial charge in [0.1, 0.15) is 12.4 Å². The molecule has 0 aliphatic carbocycles. The molecule has 0 bridgehead atoms. The number of Topliss-reactive ketones (excluding diaryl/α,β-unsaturated/α-hetero) is 1.